The lowest BCUT2D eigenvalue weighted by Gasteiger charge is -2.49. The largest absolute Gasteiger partial charge is 0.310 e. The lowest BCUT2D eigenvalue weighted by molar-refractivity contribution is 0.716. The molecule has 0 bridgehead atoms. The monoisotopic (exact) mass is 766 g/mol. The average Bonchev–Trinajstić information content (AvgIpc) is 3.76. The number of anilines is 3. The summed E-state index contributed by atoms with van der Waals surface area (Å²) in [5, 5.41) is 2.34. The average molecular weight is 767 g/mol. The van der Waals surface area contributed by atoms with Gasteiger partial charge in [-0.3, -0.25) is 0 Å². The van der Waals surface area contributed by atoms with Crippen molar-refractivity contribution in [2.45, 2.75) is 5.41 Å². The second-order valence-corrected chi connectivity index (χ2v) is 18.4. The Labute approximate surface area is 356 Å². The zero-order valence-corrected chi connectivity index (χ0v) is 31.9. The van der Waals surface area contributed by atoms with Crippen LogP contribution in [0.3, 0.4) is 0 Å². The molecule has 58 heavy (non-hydrogen) atoms. The van der Waals surface area contributed by atoms with Crippen LogP contribution >= 0.6 is 0 Å². The SMILES string of the molecule is [2H]c1c([2H])c([2H])c([Si](c2ccccc2)(c2ccccc2)c2ccc3c(c2)-n2c4c([2H])c([2H])c([2H])c([2H])c4c4c([2H])c([2H])c([2H])c(c42)C32c3ccccc3N(c3ccccc3)c3ccccc32)c([2H])c1[2H]. The summed E-state index contributed by atoms with van der Waals surface area (Å²) in [5.74, 6) is 0. The van der Waals surface area contributed by atoms with Crippen molar-refractivity contribution in [3.8, 4) is 5.69 Å². The minimum absolute atomic E-state index is 0.0395. The zero-order valence-electron chi connectivity index (χ0n) is 42.9. The van der Waals surface area contributed by atoms with E-state index in [2.05, 4.69) is 4.90 Å². The van der Waals surface area contributed by atoms with Crippen LogP contribution in [0.5, 0.6) is 0 Å². The van der Waals surface area contributed by atoms with Gasteiger partial charge in [0, 0.05) is 16.5 Å². The molecular formula is C55H38N2Si. The van der Waals surface area contributed by atoms with Gasteiger partial charge in [0.05, 0.1) is 50.0 Å². The van der Waals surface area contributed by atoms with Crippen molar-refractivity contribution in [3.05, 3.63) is 252 Å². The first-order valence-electron chi connectivity index (χ1n) is 25.2. The Kier molecular flexibility index (Phi) is 5.05. The molecule has 2 nitrogen and oxygen atoms in total. The van der Waals surface area contributed by atoms with E-state index in [1.807, 2.05) is 158 Å². The first-order chi connectivity index (χ1) is 33.8. The summed E-state index contributed by atoms with van der Waals surface area (Å²) in [7, 11) is -4.07. The number of aromatic nitrogens is 1. The molecule has 0 aliphatic carbocycles. The lowest BCUT2D eigenvalue weighted by Crippen LogP contribution is -2.74. The van der Waals surface area contributed by atoms with Crippen LogP contribution in [0.25, 0.3) is 27.5 Å². The predicted octanol–water partition coefficient (Wildman–Crippen LogP) is 10.6. The highest BCUT2D eigenvalue weighted by atomic mass is 28.3. The van der Waals surface area contributed by atoms with E-state index in [1.54, 1.807) is 4.57 Å². The van der Waals surface area contributed by atoms with Gasteiger partial charge in [0.25, 0.3) is 0 Å². The molecule has 2 aliphatic rings. The molecule has 0 amide bonds. The molecule has 0 unspecified atom stereocenters. The smallest absolute Gasteiger partial charge is 0.179 e. The highest BCUT2D eigenvalue weighted by Crippen LogP contribution is 2.61. The van der Waals surface area contributed by atoms with Crippen molar-refractivity contribution < 1.29 is 16.4 Å². The van der Waals surface area contributed by atoms with Gasteiger partial charge in [0.2, 0.25) is 0 Å². The summed E-state index contributed by atoms with van der Waals surface area (Å²) in [5.41, 5.74) is 4.22. The molecule has 2 aliphatic heterocycles. The summed E-state index contributed by atoms with van der Waals surface area (Å²) in [6.07, 6.45) is 0. The molecule has 272 valence electrons. The minimum Gasteiger partial charge on any atom is -0.310 e. The van der Waals surface area contributed by atoms with E-state index < -0.39 is 49.7 Å². The van der Waals surface area contributed by atoms with Crippen LogP contribution in [0.2, 0.25) is 0 Å². The van der Waals surface area contributed by atoms with Gasteiger partial charge in [-0.1, -0.05) is 194 Å². The Bertz CT molecular complexity index is 3770. The van der Waals surface area contributed by atoms with E-state index in [0.717, 1.165) is 38.6 Å². The van der Waals surface area contributed by atoms with Crippen molar-refractivity contribution in [3.63, 3.8) is 0 Å². The summed E-state index contributed by atoms with van der Waals surface area (Å²) < 4.78 is 114. The Balaban J connectivity index is 1.36. The second-order valence-electron chi connectivity index (χ2n) is 14.7. The highest BCUT2D eigenvalue weighted by molar-refractivity contribution is 7.19. The van der Waals surface area contributed by atoms with Crippen molar-refractivity contribution in [2.75, 3.05) is 4.90 Å². The van der Waals surface area contributed by atoms with Crippen LogP contribution in [0.4, 0.5) is 17.1 Å². The van der Waals surface area contributed by atoms with Crippen LogP contribution in [0.15, 0.2) is 230 Å². The molecule has 0 fully saturated rings. The van der Waals surface area contributed by atoms with Gasteiger partial charge in [0.1, 0.15) is 0 Å². The molecule has 10 aromatic rings. The minimum atomic E-state index is -4.07. The summed E-state index contributed by atoms with van der Waals surface area (Å²) >= 11 is 0. The molecule has 12 rings (SSSR count). The van der Waals surface area contributed by atoms with E-state index in [-0.39, 0.29) is 63.2 Å². The Morgan fingerprint density at radius 3 is 1.62 bits per heavy atom. The van der Waals surface area contributed by atoms with Crippen molar-refractivity contribution in [1.29, 1.82) is 0 Å². The molecule has 1 spiro atoms. The molecular weight excluding hydrogens is 717 g/mol. The molecule has 9 aromatic carbocycles. The normalized spacial score (nSPS) is 16.5. The molecule has 0 radical (unpaired) electrons. The first kappa shape index (κ1) is 23.1. The molecule has 0 saturated heterocycles. The topological polar surface area (TPSA) is 8.17 Å². The van der Waals surface area contributed by atoms with Crippen LogP contribution in [-0.4, -0.2) is 12.6 Å². The Morgan fingerprint density at radius 2 is 0.948 bits per heavy atom. The third kappa shape index (κ3) is 4.31. The van der Waals surface area contributed by atoms with Gasteiger partial charge in [-0.25, -0.2) is 0 Å². The van der Waals surface area contributed by atoms with Gasteiger partial charge in [-0.2, -0.15) is 0 Å². The number of para-hydroxylation sites is 5. The van der Waals surface area contributed by atoms with Crippen LogP contribution in [-0.2, 0) is 5.41 Å². The standard InChI is InChI=1S/C55H38N2Si/c1-5-20-39(21-6-1)56-51-34-17-14-30-46(51)55(47-31-15-18-35-52(47)56)48-37-36-43(38-53(48)57-50-33-16-13-28-44(50)45-29-19-32-49(55)54(45)57)58(40-22-7-2-8-23-40,41-24-9-3-10-25-41)42-26-11-4-12-27-42/h1-38H/i2D,7D,8D,13D,16D,19D,22D,23D,28D,29D,32D,33D. The zero-order chi connectivity index (χ0) is 48.7. The van der Waals surface area contributed by atoms with Gasteiger partial charge in [0.15, 0.2) is 8.07 Å². The van der Waals surface area contributed by atoms with Crippen molar-refractivity contribution in [1.82, 2.24) is 4.57 Å². The lowest BCUT2D eigenvalue weighted by atomic mass is 9.60. The van der Waals surface area contributed by atoms with E-state index in [1.165, 1.54) is 0 Å². The molecule has 0 N–H and O–H groups in total. The number of benzene rings is 9. The van der Waals surface area contributed by atoms with Crippen LogP contribution in [0, 0.1) is 0 Å². The fourth-order valence-electron chi connectivity index (χ4n) is 9.89. The predicted molar refractivity (Wildman–Crippen MR) is 245 cm³/mol. The van der Waals surface area contributed by atoms with E-state index in [4.69, 9.17) is 6.85 Å². The number of hydrogen-bond acceptors (Lipinski definition) is 1. The summed E-state index contributed by atoms with van der Waals surface area (Å²) in [6.45, 7) is 0. The number of nitrogens with zero attached hydrogens (tertiary/aromatic N) is 2. The highest BCUT2D eigenvalue weighted by Gasteiger charge is 2.52. The summed E-state index contributed by atoms with van der Waals surface area (Å²) in [4.78, 5) is 2.17. The number of hydrogen-bond donors (Lipinski definition) is 0. The van der Waals surface area contributed by atoms with Gasteiger partial charge in [-0.05, 0) is 79.4 Å². The maximum absolute atomic E-state index is 10.1. The second kappa shape index (κ2) is 12.7. The quantitative estimate of drug-likeness (QED) is 0.125. The summed E-state index contributed by atoms with van der Waals surface area (Å²) in [6, 6.07) is 45.6. The van der Waals surface area contributed by atoms with Crippen molar-refractivity contribution >= 4 is 67.7 Å². The Morgan fingerprint density at radius 1 is 0.397 bits per heavy atom. The van der Waals surface area contributed by atoms with Crippen molar-refractivity contribution in [2.24, 2.45) is 0 Å². The van der Waals surface area contributed by atoms with E-state index in [9.17, 15) is 9.60 Å². The first-order valence-corrected chi connectivity index (χ1v) is 21.2. The van der Waals surface area contributed by atoms with E-state index in [0.29, 0.717) is 22.0 Å². The molecule has 0 saturated carbocycles. The van der Waals surface area contributed by atoms with Crippen LogP contribution < -0.4 is 25.6 Å². The Hall–Kier alpha value is -7.20. The van der Waals surface area contributed by atoms with E-state index >= 15 is 0 Å². The number of fused-ring (bicyclic) bond motifs is 11. The third-order valence-corrected chi connectivity index (χ3v) is 16.6. The fourth-order valence-corrected chi connectivity index (χ4v) is 14.3. The van der Waals surface area contributed by atoms with Gasteiger partial charge >= 0.3 is 0 Å². The van der Waals surface area contributed by atoms with Gasteiger partial charge < -0.3 is 9.47 Å². The fraction of sp³-hybridized carbons (Fsp3) is 0.0182. The third-order valence-electron chi connectivity index (χ3n) is 12.1. The molecule has 0 atom stereocenters. The maximum atomic E-state index is 10.1. The molecule has 1 aromatic heterocycles. The van der Waals surface area contributed by atoms with Crippen LogP contribution in [0.1, 0.15) is 38.7 Å². The molecule has 3 heterocycles. The van der Waals surface area contributed by atoms with Gasteiger partial charge in [-0.15, -0.1) is 0 Å². The number of rotatable bonds is 5. The maximum Gasteiger partial charge on any atom is 0.179 e. The molecule has 3 heteroatoms.